The molecule has 0 saturated carbocycles. The van der Waals surface area contributed by atoms with E-state index in [1.54, 1.807) is 5.01 Å². The molecule has 4 nitrogen and oxygen atoms in total. The summed E-state index contributed by atoms with van der Waals surface area (Å²) in [6.07, 6.45) is 0.475. The maximum absolute atomic E-state index is 12.7. The summed E-state index contributed by atoms with van der Waals surface area (Å²) < 4.78 is 5.58. The number of ether oxygens (including phenoxy) is 1. The maximum Gasteiger partial charge on any atom is 0.425 e. The van der Waals surface area contributed by atoms with Gasteiger partial charge < -0.3 is 4.74 Å². The van der Waals surface area contributed by atoms with Gasteiger partial charge in [-0.05, 0) is 38.3 Å². The first-order valence-corrected chi connectivity index (χ1v) is 8.32. The summed E-state index contributed by atoms with van der Waals surface area (Å²) >= 11 is 0. The lowest BCUT2D eigenvalue weighted by Crippen LogP contribution is -2.42. The predicted octanol–water partition coefficient (Wildman–Crippen LogP) is 4.61. The highest BCUT2D eigenvalue weighted by molar-refractivity contribution is 5.69. The SMILES string of the molecule is CC(C)(C)OC(=O)N1N[C@@H](c2ccccc2)C[C@@H]1c1ccccc1. The lowest BCUT2D eigenvalue weighted by Gasteiger charge is -2.28. The third-order valence-electron chi connectivity index (χ3n) is 4.04. The summed E-state index contributed by atoms with van der Waals surface area (Å²) in [6.45, 7) is 5.65. The Morgan fingerprint density at radius 1 is 1.00 bits per heavy atom. The predicted molar refractivity (Wildman–Crippen MR) is 94.2 cm³/mol. The largest absolute Gasteiger partial charge is 0.443 e. The van der Waals surface area contributed by atoms with Crippen molar-refractivity contribution in [1.29, 1.82) is 0 Å². The molecule has 0 unspecified atom stereocenters. The van der Waals surface area contributed by atoms with Crippen molar-refractivity contribution in [3.05, 3.63) is 71.8 Å². The highest BCUT2D eigenvalue weighted by Crippen LogP contribution is 2.37. The van der Waals surface area contributed by atoms with E-state index in [-0.39, 0.29) is 18.2 Å². The van der Waals surface area contributed by atoms with Crippen LogP contribution in [0.15, 0.2) is 60.7 Å². The topological polar surface area (TPSA) is 41.6 Å². The minimum atomic E-state index is -0.523. The molecule has 0 bridgehead atoms. The van der Waals surface area contributed by atoms with Crippen molar-refractivity contribution >= 4 is 6.09 Å². The minimum absolute atomic E-state index is 0.0498. The van der Waals surface area contributed by atoms with Gasteiger partial charge in [0.2, 0.25) is 0 Å². The van der Waals surface area contributed by atoms with Gasteiger partial charge >= 0.3 is 6.09 Å². The standard InChI is InChI=1S/C20H24N2O2/c1-20(2,3)24-19(23)22-18(16-12-8-5-9-13-16)14-17(21-22)15-10-6-4-7-11-15/h4-13,17-18,21H,14H2,1-3H3/t17-,18-/m1/s1. The normalized spacial score (nSPS) is 20.9. The van der Waals surface area contributed by atoms with Crippen LogP contribution in [0.1, 0.15) is 50.4 Å². The van der Waals surface area contributed by atoms with Crippen LogP contribution in [0.4, 0.5) is 4.79 Å². The molecule has 2 aromatic rings. The molecule has 1 fully saturated rings. The quantitative estimate of drug-likeness (QED) is 0.877. The summed E-state index contributed by atoms with van der Waals surface area (Å²) in [5, 5.41) is 1.64. The molecular formula is C20H24N2O2. The zero-order chi connectivity index (χ0) is 17.2. The Balaban J connectivity index is 1.87. The van der Waals surface area contributed by atoms with Crippen LogP contribution < -0.4 is 5.43 Å². The van der Waals surface area contributed by atoms with E-state index in [2.05, 4.69) is 29.7 Å². The van der Waals surface area contributed by atoms with Gasteiger partial charge in [0.15, 0.2) is 0 Å². The molecule has 1 saturated heterocycles. The summed E-state index contributed by atoms with van der Waals surface area (Å²) in [5.41, 5.74) is 5.09. The van der Waals surface area contributed by atoms with Gasteiger partial charge in [0.25, 0.3) is 0 Å². The first-order valence-electron chi connectivity index (χ1n) is 8.32. The van der Waals surface area contributed by atoms with Crippen molar-refractivity contribution in [2.45, 2.75) is 44.9 Å². The van der Waals surface area contributed by atoms with Crippen molar-refractivity contribution in [2.75, 3.05) is 0 Å². The lowest BCUT2D eigenvalue weighted by atomic mass is 9.97. The van der Waals surface area contributed by atoms with Crippen LogP contribution in [-0.4, -0.2) is 16.7 Å². The number of carbonyl (C=O) groups excluding carboxylic acids is 1. The van der Waals surface area contributed by atoms with Crippen LogP contribution in [-0.2, 0) is 4.74 Å². The zero-order valence-electron chi connectivity index (χ0n) is 14.4. The second-order valence-electron chi connectivity index (χ2n) is 7.10. The van der Waals surface area contributed by atoms with Gasteiger partial charge in [0.1, 0.15) is 5.60 Å². The molecule has 1 aliphatic heterocycles. The number of nitrogens with zero attached hydrogens (tertiary/aromatic N) is 1. The van der Waals surface area contributed by atoms with Gasteiger partial charge in [0, 0.05) is 0 Å². The minimum Gasteiger partial charge on any atom is -0.443 e. The average Bonchev–Trinajstić information content (AvgIpc) is 3.00. The second-order valence-corrected chi connectivity index (χ2v) is 7.10. The molecule has 126 valence electrons. The van der Waals surface area contributed by atoms with Crippen LogP contribution in [0, 0.1) is 0 Å². The van der Waals surface area contributed by atoms with Gasteiger partial charge in [-0.15, -0.1) is 0 Å². The van der Waals surface area contributed by atoms with Gasteiger partial charge in [-0.1, -0.05) is 60.7 Å². The van der Waals surface area contributed by atoms with Crippen molar-refractivity contribution in [2.24, 2.45) is 0 Å². The number of benzene rings is 2. The van der Waals surface area contributed by atoms with Crippen LogP contribution in [0.25, 0.3) is 0 Å². The molecule has 3 rings (SSSR count). The molecule has 4 heteroatoms. The molecule has 2 atom stereocenters. The Morgan fingerprint density at radius 2 is 1.54 bits per heavy atom. The van der Waals surface area contributed by atoms with Crippen LogP contribution in [0.2, 0.25) is 0 Å². The van der Waals surface area contributed by atoms with E-state index in [4.69, 9.17) is 4.74 Å². The molecule has 2 aromatic carbocycles. The van der Waals surface area contributed by atoms with E-state index >= 15 is 0 Å². The number of hydrazine groups is 1. The number of amides is 1. The molecule has 0 spiro atoms. The number of carbonyl (C=O) groups is 1. The first kappa shape index (κ1) is 16.5. The van der Waals surface area contributed by atoms with E-state index in [9.17, 15) is 4.79 Å². The molecule has 1 N–H and O–H groups in total. The fourth-order valence-electron chi connectivity index (χ4n) is 2.99. The molecule has 0 aliphatic carbocycles. The molecule has 24 heavy (non-hydrogen) atoms. The number of hydrogen-bond acceptors (Lipinski definition) is 3. The van der Waals surface area contributed by atoms with E-state index in [1.807, 2.05) is 57.2 Å². The van der Waals surface area contributed by atoms with Crippen molar-refractivity contribution in [3.8, 4) is 0 Å². The van der Waals surface area contributed by atoms with Crippen LogP contribution >= 0.6 is 0 Å². The fourth-order valence-corrected chi connectivity index (χ4v) is 2.99. The van der Waals surface area contributed by atoms with Crippen LogP contribution in [0.5, 0.6) is 0 Å². The molecule has 0 aromatic heterocycles. The molecule has 0 radical (unpaired) electrons. The van der Waals surface area contributed by atoms with Crippen LogP contribution in [0.3, 0.4) is 0 Å². The molecular weight excluding hydrogens is 300 g/mol. The Kier molecular flexibility index (Phi) is 4.58. The first-order chi connectivity index (χ1) is 11.4. The van der Waals surface area contributed by atoms with Crippen molar-refractivity contribution in [3.63, 3.8) is 0 Å². The summed E-state index contributed by atoms with van der Waals surface area (Å²) in [4.78, 5) is 12.7. The lowest BCUT2D eigenvalue weighted by molar-refractivity contribution is 0.0111. The molecule has 1 heterocycles. The Bertz CT molecular complexity index is 680. The Hall–Kier alpha value is -2.33. The fraction of sp³-hybridized carbons (Fsp3) is 0.350. The summed E-state index contributed by atoms with van der Waals surface area (Å²) in [5.74, 6) is 0. The smallest absolute Gasteiger partial charge is 0.425 e. The number of rotatable bonds is 2. The zero-order valence-corrected chi connectivity index (χ0v) is 14.4. The van der Waals surface area contributed by atoms with Gasteiger partial charge in [-0.25, -0.2) is 15.2 Å². The Labute approximate surface area is 143 Å². The van der Waals surface area contributed by atoms with E-state index < -0.39 is 5.60 Å². The van der Waals surface area contributed by atoms with E-state index in [0.29, 0.717) is 0 Å². The Morgan fingerprint density at radius 3 is 2.08 bits per heavy atom. The third-order valence-corrected chi connectivity index (χ3v) is 4.04. The van der Waals surface area contributed by atoms with Crippen molar-refractivity contribution < 1.29 is 9.53 Å². The second kappa shape index (κ2) is 6.65. The average molecular weight is 324 g/mol. The number of hydrogen-bond donors (Lipinski definition) is 1. The van der Waals surface area contributed by atoms with E-state index in [0.717, 1.165) is 12.0 Å². The molecule has 1 amide bonds. The highest BCUT2D eigenvalue weighted by atomic mass is 16.6. The van der Waals surface area contributed by atoms with E-state index in [1.165, 1.54) is 5.56 Å². The van der Waals surface area contributed by atoms with Gasteiger partial charge in [-0.2, -0.15) is 0 Å². The van der Waals surface area contributed by atoms with Gasteiger partial charge in [-0.3, -0.25) is 0 Å². The number of nitrogens with one attached hydrogen (secondary N) is 1. The maximum atomic E-state index is 12.7. The molecule has 1 aliphatic rings. The monoisotopic (exact) mass is 324 g/mol. The highest BCUT2D eigenvalue weighted by Gasteiger charge is 2.38. The summed E-state index contributed by atoms with van der Waals surface area (Å²) in [6, 6.07) is 20.3. The van der Waals surface area contributed by atoms with Gasteiger partial charge in [0.05, 0.1) is 12.1 Å². The van der Waals surface area contributed by atoms with Crippen molar-refractivity contribution in [1.82, 2.24) is 10.4 Å². The third kappa shape index (κ3) is 3.77. The summed E-state index contributed by atoms with van der Waals surface area (Å²) in [7, 11) is 0.